The second-order valence-electron chi connectivity index (χ2n) is 3.70. The summed E-state index contributed by atoms with van der Waals surface area (Å²) in [7, 11) is 0. The van der Waals surface area contributed by atoms with Gasteiger partial charge in [0.05, 0.1) is 0 Å². The molecule has 2 rings (SSSR count). The third-order valence-electron chi connectivity index (χ3n) is 2.33. The molecule has 3 N–H and O–H groups in total. The molecule has 0 spiro atoms. The Morgan fingerprint density at radius 3 is 1.68 bits per heavy atom. The molecule has 0 aromatic heterocycles. The number of carbonyl (C=O) groups excluding carboxylic acids is 1. The van der Waals surface area contributed by atoms with Crippen LogP contribution in [-0.2, 0) is 4.79 Å². The lowest BCUT2D eigenvalue weighted by atomic mass is 10.3. The van der Waals surface area contributed by atoms with Gasteiger partial charge in [0.15, 0.2) is 0 Å². The molecule has 0 bridgehead atoms. The van der Waals surface area contributed by atoms with Crippen LogP contribution in [0.4, 0.5) is 0 Å². The number of benzene rings is 2. The number of hydrogen-bond acceptors (Lipinski definition) is 4. The lowest BCUT2D eigenvalue weighted by Gasteiger charge is -2.18. The molecule has 2 aromatic carbocycles. The van der Waals surface area contributed by atoms with Gasteiger partial charge >= 0.3 is 12.2 Å². The molecule has 0 heterocycles. The zero-order valence-electron chi connectivity index (χ0n) is 10.2. The summed E-state index contributed by atoms with van der Waals surface area (Å²) in [6, 6.07) is 17.8. The number of para-hydroxylation sites is 2. The number of hydrogen-bond donors (Lipinski definition) is 2. The monoisotopic (exact) mass is 258 g/mol. The van der Waals surface area contributed by atoms with Gasteiger partial charge in [-0.3, -0.25) is 10.2 Å². The molecular formula is C14H14N2O3. The van der Waals surface area contributed by atoms with Crippen LogP contribution in [0.15, 0.2) is 60.7 Å². The lowest BCUT2D eigenvalue weighted by molar-refractivity contribution is -0.140. The average Bonchev–Trinajstić information content (AvgIpc) is 2.48. The van der Waals surface area contributed by atoms with Crippen molar-refractivity contribution in [1.29, 1.82) is 0 Å². The summed E-state index contributed by atoms with van der Waals surface area (Å²) >= 11 is 0. The third kappa shape index (κ3) is 3.72. The van der Waals surface area contributed by atoms with Crippen LogP contribution < -0.4 is 20.7 Å². The molecule has 1 amide bonds. The highest BCUT2D eigenvalue weighted by Crippen LogP contribution is 2.15. The minimum atomic E-state index is -1.14. The van der Waals surface area contributed by atoms with E-state index in [2.05, 4.69) is 0 Å². The van der Waals surface area contributed by atoms with Gasteiger partial charge in [-0.05, 0) is 24.3 Å². The van der Waals surface area contributed by atoms with E-state index in [1.54, 1.807) is 48.5 Å². The van der Waals surface area contributed by atoms with Crippen LogP contribution in [0.25, 0.3) is 0 Å². The Hall–Kier alpha value is -2.53. The van der Waals surface area contributed by atoms with Gasteiger partial charge < -0.3 is 9.47 Å². The Morgan fingerprint density at radius 2 is 1.32 bits per heavy atom. The molecule has 0 aliphatic carbocycles. The summed E-state index contributed by atoms with van der Waals surface area (Å²) < 4.78 is 10.9. The van der Waals surface area contributed by atoms with Crippen molar-refractivity contribution >= 4 is 5.91 Å². The second kappa shape index (κ2) is 6.42. The third-order valence-corrected chi connectivity index (χ3v) is 2.33. The minimum Gasteiger partial charge on any atom is -0.446 e. The standard InChI is InChI=1S/C14H14N2O3/c15-16-13(17)14(18-11-7-3-1-4-8-11)19-12-9-5-2-6-10-12/h1-10,14H,15H2,(H,16,17). The summed E-state index contributed by atoms with van der Waals surface area (Å²) in [6.45, 7) is 0. The van der Waals surface area contributed by atoms with Crippen LogP contribution in [0.3, 0.4) is 0 Å². The lowest BCUT2D eigenvalue weighted by Crippen LogP contribution is -2.45. The first-order valence-electron chi connectivity index (χ1n) is 5.73. The summed E-state index contributed by atoms with van der Waals surface area (Å²) in [5, 5.41) is 0. The van der Waals surface area contributed by atoms with E-state index in [-0.39, 0.29) is 0 Å². The molecule has 0 atom stereocenters. The van der Waals surface area contributed by atoms with Gasteiger partial charge in [0.25, 0.3) is 0 Å². The van der Waals surface area contributed by atoms with Gasteiger partial charge in [0.1, 0.15) is 11.5 Å². The quantitative estimate of drug-likeness (QED) is 0.368. The first kappa shape index (κ1) is 12.9. The SMILES string of the molecule is NNC(=O)C(Oc1ccccc1)Oc1ccccc1. The Bertz CT molecular complexity index is 475. The number of nitrogens with two attached hydrogens (primary N) is 1. The van der Waals surface area contributed by atoms with E-state index in [1.807, 2.05) is 17.6 Å². The summed E-state index contributed by atoms with van der Waals surface area (Å²) in [4.78, 5) is 11.6. The topological polar surface area (TPSA) is 73.6 Å². The number of carbonyl (C=O) groups is 1. The molecule has 0 fully saturated rings. The predicted molar refractivity (Wildman–Crippen MR) is 70.3 cm³/mol. The normalized spacial score (nSPS) is 10.0. The Morgan fingerprint density at radius 1 is 0.895 bits per heavy atom. The van der Waals surface area contributed by atoms with Crippen molar-refractivity contribution in [1.82, 2.24) is 5.43 Å². The van der Waals surface area contributed by atoms with Crippen molar-refractivity contribution in [2.24, 2.45) is 5.84 Å². The number of amides is 1. The smallest absolute Gasteiger partial charge is 0.322 e. The van der Waals surface area contributed by atoms with Crippen LogP contribution in [-0.4, -0.2) is 12.2 Å². The zero-order valence-corrected chi connectivity index (χ0v) is 10.2. The maximum absolute atomic E-state index is 11.6. The van der Waals surface area contributed by atoms with Crippen LogP contribution in [0, 0.1) is 0 Å². The molecule has 2 aromatic rings. The molecule has 5 nitrogen and oxygen atoms in total. The fourth-order valence-corrected chi connectivity index (χ4v) is 1.44. The molecule has 0 saturated carbocycles. The number of ether oxygens (including phenoxy) is 2. The van der Waals surface area contributed by atoms with Gasteiger partial charge in [0, 0.05) is 0 Å². The molecule has 0 saturated heterocycles. The van der Waals surface area contributed by atoms with Gasteiger partial charge in [0.2, 0.25) is 0 Å². The average molecular weight is 258 g/mol. The Balaban J connectivity index is 2.10. The zero-order chi connectivity index (χ0) is 13.5. The van der Waals surface area contributed by atoms with Crippen molar-refractivity contribution in [2.45, 2.75) is 6.29 Å². The van der Waals surface area contributed by atoms with Crippen LogP contribution >= 0.6 is 0 Å². The van der Waals surface area contributed by atoms with Crippen molar-refractivity contribution in [3.05, 3.63) is 60.7 Å². The van der Waals surface area contributed by atoms with Crippen molar-refractivity contribution in [3.63, 3.8) is 0 Å². The van der Waals surface area contributed by atoms with Gasteiger partial charge in [-0.2, -0.15) is 0 Å². The fourth-order valence-electron chi connectivity index (χ4n) is 1.44. The Kier molecular flexibility index (Phi) is 4.36. The van der Waals surface area contributed by atoms with Crippen molar-refractivity contribution in [3.8, 4) is 11.5 Å². The van der Waals surface area contributed by atoms with E-state index in [0.717, 1.165) is 0 Å². The number of rotatable bonds is 5. The minimum absolute atomic E-state index is 0.520. The predicted octanol–water partition coefficient (Wildman–Crippen LogP) is 1.46. The largest absolute Gasteiger partial charge is 0.446 e. The first-order chi connectivity index (χ1) is 9.29. The van der Waals surface area contributed by atoms with Crippen LogP contribution in [0.1, 0.15) is 0 Å². The molecule has 0 unspecified atom stereocenters. The van der Waals surface area contributed by atoms with E-state index in [4.69, 9.17) is 15.3 Å². The number of nitrogens with one attached hydrogen (secondary N) is 1. The maximum atomic E-state index is 11.6. The summed E-state index contributed by atoms with van der Waals surface area (Å²) in [6.07, 6.45) is -1.14. The van der Waals surface area contributed by atoms with E-state index in [1.165, 1.54) is 0 Å². The van der Waals surface area contributed by atoms with Gasteiger partial charge in [-0.15, -0.1) is 0 Å². The van der Waals surface area contributed by atoms with E-state index >= 15 is 0 Å². The Labute approximate surface area is 110 Å². The molecule has 98 valence electrons. The molecule has 19 heavy (non-hydrogen) atoms. The van der Waals surface area contributed by atoms with E-state index in [9.17, 15) is 4.79 Å². The molecule has 0 aliphatic rings. The molecule has 0 aliphatic heterocycles. The van der Waals surface area contributed by atoms with Gasteiger partial charge in [-0.1, -0.05) is 36.4 Å². The van der Waals surface area contributed by atoms with E-state index < -0.39 is 12.2 Å². The summed E-state index contributed by atoms with van der Waals surface area (Å²) in [5.41, 5.74) is 2.02. The maximum Gasteiger partial charge on any atom is 0.322 e. The van der Waals surface area contributed by atoms with Gasteiger partial charge in [-0.25, -0.2) is 5.84 Å². The molecular weight excluding hydrogens is 244 g/mol. The molecule has 0 radical (unpaired) electrons. The highest BCUT2D eigenvalue weighted by Gasteiger charge is 2.21. The highest BCUT2D eigenvalue weighted by molar-refractivity contribution is 5.79. The highest BCUT2D eigenvalue weighted by atomic mass is 16.7. The van der Waals surface area contributed by atoms with Crippen molar-refractivity contribution in [2.75, 3.05) is 0 Å². The summed E-state index contributed by atoms with van der Waals surface area (Å²) in [5.74, 6) is 5.60. The first-order valence-corrected chi connectivity index (χ1v) is 5.73. The second-order valence-corrected chi connectivity index (χ2v) is 3.70. The number of hydrazine groups is 1. The molecule has 5 heteroatoms. The van der Waals surface area contributed by atoms with Crippen LogP contribution in [0.2, 0.25) is 0 Å². The van der Waals surface area contributed by atoms with Crippen molar-refractivity contribution < 1.29 is 14.3 Å². The fraction of sp³-hybridized carbons (Fsp3) is 0.0714. The van der Waals surface area contributed by atoms with Crippen LogP contribution in [0.5, 0.6) is 11.5 Å². The van der Waals surface area contributed by atoms with E-state index in [0.29, 0.717) is 11.5 Å².